The lowest BCUT2D eigenvalue weighted by atomic mass is 9.77. The molecule has 3 N–H and O–H groups in total. The van der Waals surface area contributed by atoms with Crippen LogP contribution in [0.5, 0.6) is 0 Å². The van der Waals surface area contributed by atoms with Crippen LogP contribution in [-0.4, -0.2) is 169 Å². The van der Waals surface area contributed by atoms with Gasteiger partial charge < -0.3 is 63.0 Å². The maximum Gasteiger partial charge on any atom is 0.311 e. The third kappa shape index (κ3) is 11.5. The third-order valence-electron chi connectivity index (χ3n) is 12.8. The van der Waals surface area contributed by atoms with Crippen LogP contribution in [0.15, 0.2) is 12.7 Å². The standard InChI is InChI=1S/C42H76N2O13/c1-16-18-51-37-29(8)54-32(21-41(37,10)50-15)56-34-26(5)36(57-39-33(46)30(43(12)13)19-25(4)53-39)40(9,49)20-24(3)22-44(14)28(7)35(47)42(11,52-23-45)31(17-2)55-38(48)27(34)6/h16,23-37,39,46-47,49H,1,17-22H2,2-15H3/t24-,25-,26+,27-,28-,29+,30+,31-,32?,33-,34+,35+,36-,37+,39+,40-,41-,42-/m1/s1. The Morgan fingerprint density at radius 3 is 2.23 bits per heavy atom. The number of hydrogen-bond donors (Lipinski definition) is 3. The average Bonchev–Trinajstić information content (AvgIpc) is 3.13. The van der Waals surface area contributed by atoms with E-state index in [2.05, 4.69) is 6.58 Å². The van der Waals surface area contributed by atoms with Crippen molar-refractivity contribution in [3.05, 3.63) is 12.7 Å². The van der Waals surface area contributed by atoms with E-state index in [9.17, 15) is 24.9 Å². The van der Waals surface area contributed by atoms with Gasteiger partial charge in [-0.25, -0.2) is 0 Å². The highest BCUT2D eigenvalue weighted by Gasteiger charge is 2.54. The topological polar surface area (TPSA) is 175 Å². The van der Waals surface area contributed by atoms with Crippen molar-refractivity contribution < 1.29 is 62.8 Å². The number of carbonyl (C=O) groups excluding carboxylic acids is 2. The van der Waals surface area contributed by atoms with Gasteiger partial charge in [0, 0.05) is 38.1 Å². The summed E-state index contributed by atoms with van der Waals surface area (Å²) in [5.74, 6) is -2.63. The number of aliphatic hydroxyl groups excluding tert-OH is 2. The highest BCUT2D eigenvalue weighted by Crippen LogP contribution is 2.41. The van der Waals surface area contributed by atoms with Crippen LogP contribution in [0.1, 0.15) is 94.9 Å². The molecule has 15 heteroatoms. The number of cyclic esters (lactones) is 1. The van der Waals surface area contributed by atoms with Crippen molar-refractivity contribution in [3.63, 3.8) is 0 Å². The third-order valence-corrected chi connectivity index (χ3v) is 12.8. The van der Waals surface area contributed by atoms with Crippen LogP contribution < -0.4 is 0 Å². The first-order chi connectivity index (χ1) is 26.5. The lowest BCUT2D eigenvalue weighted by Gasteiger charge is -2.49. The summed E-state index contributed by atoms with van der Waals surface area (Å²) in [6.45, 7) is 22.8. The molecule has 0 aromatic carbocycles. The normalized spacial score (nSPS) is 46.1. The molecular formula is C42H76N2O13. The van der Waals surface area contributed by atoms with Crippen molar-refractivity contribution in [2.45, 2.75) is 185 Å². The van der Waals surface area contributed by atoms with Gasteiger partial charge in [-0.15, -0.1) is 6.58 Å². The highest BCUT2D eigenvalue weighted by molar-refractivity contribution is 5.73. The number of esters is 1. The molecule has 0 spiro atoms. The molecule has 332 valence electrons. The zero-order chi connectivity index (χ0) is 43.2. The van der Waals surface area contributed by atoms with E-state index in [0.717, 1.165) is 0 Å². The Kier molecular flexibility index (Phi) is 18.0. The van der Waals surface area contributed by atoms with Gasteiger partial charge in [0.25, 0.3) is 6.47 Å². The van der Waals surface area contributed by atoms with Crippen LogP contribution in [-0.2, 0) is 47.5 Å². The zero-order valence-electron chi connectivity index (χ0n) is 37.1. The smallest absolute Gasteiger partial charge is 0.311 e. The van der Waals surface area contributed by atoms with Crippen molar-refractivity contribution in [3.8, 4) is 0 Å². The van der Waals surface area contributed by atoms with E-state index in [0.29, 0.717) is 13.0 Å². The molecule has 3 heterocycles. The predicted octanol–water partition coefficient (Wildman–Crippen LogP) is 3.29. The van der Waals surface area contributed by atoms with E-state index in [4.69, 9.17) is 37.9 Å². The van der Waals surface area contributed by atoms with Gasteiger partial charge in [0.2, 0.25) is 0 Å². The van der Waals surface area contributed by atoms with Gasteiger partial charge in [-0.1, -0.05) is 26.8 Å². The van der Waals surface area contributed by atoms with Gasteiger partial charge in [0.15, 0.2) is 18.2 Å². The number of rotatable bonds is 12. The maximum absolute atomic E-state index is 14.5. The monoisotopic (exact) mass is 817 g/mol. The van der Waals surface area contributed by atoms with Crippen LogP contribution in [0.2, 0.25) is 0 Å². The fourth-order valence-corrected chi connectivity index (χ4v) is 9.44. The fourth-order valence-electron chi connectivity index (χ4n) is 9.44. The number of ether oxygens (including phenoxy) is 8. The van der Waals surface area contributed by atoms with Gasteiger partial charge in [-0.05, 0) is 94.8 Å². The molecule has 3 saturated heterocycles. The first-order valence-corrected chi connectivity index (χ1v) is 20.7. The number of nitrogens with zero attached hydrogens (tertiary/aromatic N) is 2. The molecule has 18 atom stereocenters. The molecule has 3 aliphatic rings. The zero-order valence-corrected chi connectivity index (χ0v) is 37.1. The summed E-state index contributed by atoms with van der Waals surface area (Å²) >= 11 is 0. The molecule has 3 aliphatic heterocycles. The molecule has 3 fully saturated rings. The predicted molar refractivity (Wildman–Crippen MR) is 213 cm³/mol. The highest BCUT2D eigenvalue weighted by atomic mass is 16.7. The number of carbonyl (C=O) groups is 2. The number of likely N-dealkylation sites (N-methyl/N-ethyl adjacent to an activating group) is 2. The minimum Gasteiger partial charge on any atom is -0.458 e. The Morgan fingerprint density at radius 1 is 1.02 bits per heavy atom. The molecule has 3 rings (SSSR count). The Bertz CT molecular complexity index is 1290. The second-order valence-corrected chi connectivity index (χ2v) is 17.9. The Hall–Kier alpha value is -1.76. The molecule has 0 amide bonds. The Balaban J connectivity index is 2.21. The number of methoxy groups -OCH3 is 1. The molecule has 0 radical (unpaired) electrons. The van der Waals surface area contributed by atoms with Gasteiger partial charge in [-0.3, -0.25) is 9.59 Å². The minimum atomic E-state index is -1.61. The SMILES string of the molecule is C=CCO[C@H]1[C@H](C)OC(O[C@H]2[C@H](C)[C@@H](O[C@@H]3O[C@H](C)C[C@H](N(C)C)[C@H]3O)[C@](C)(O)C[C@@H](C)CN(C)[C@H](C)[C@H](O)[C@](C)(OC=O)[C@@H](CC)OC(=O)[C@@H]2C)C[C@@]1(C)OC. The molecule has 0 bridgehead atoms. The molecular weight excluding hydrogens is 740 g/mol. The van der Waals surface area contributed by atoms with E-state index in [1.165, 1.54) is 0 Å². The molecule has 0 aliphatic carbocycles. The van der Waals surface area contributed by atoms with Crippen LogP contribution >= 0.6 is 0 Å². The fraction of sp³-hybridized carbons (Fsp3) is 0.905. The summed E-state index contributed by atoms with van der Waals surface area (Å²) < 4.78 is 50.3. The number of aliphatic hydroxyl groups is 3. The average molecular weight is 817 g/mol. The lowest BCUT2D eigenvalue weighted by Crippen LogP contribution is -2.61. The molecule has 57 heavy (non-hydrogen) atoms. The molecule has 15 nitrogen and oxygen atoms in total. The summed E-state index contributed by atoms with van der Waals surface area (Å²) in [7, 11) is 7.22. The van der Waals surface area contributed by atoms with Crippen molar-refractivity contribution in [2.75, 3.05) is 41.4 Å². The quantitative estimate of drug-likeness (QED) is 0.149. The Morgan fingerprint density at radius 2 is 1.67 bits per heavy atom. The second kappa shape index (κ2) is 20.7. The van der Waals surface area contributed by atoms with E-state index in [1.807, 2.05) is 72.5 Å². The minimum absolute atomic E-state index is 0.166. The largest absolute Gasteiger partial charge is 0.458 e. The maximum atomic E-state index is 14.5. The number of hydrogen-bond acceptors (Lipinski definition) is 15. The van der Waals surface area contributed by atoms with Crippen LogP contribution in [0.3, 0.4) is 0 Å². The first-order valence-electron chi connectivity index (χ1n) is 20.7. The summed E-state index contributed by atoms with van der Waals surface area (Å²) in [5.41, 5.74) is -4.04. The van der Waals surface area contributed by atoms with E-state index in [1.54, 1.807) is 40.9 Å². The summed E-state index contributed by atoms with van der Waals surface area (Å²) in [4.78, 5) is 30.3. The van der Waals surface area contributed by atoms with E-state index < -0.39 is 96.0 Å². The summed E-state index contributed by atoms with van der Waals surface area (Å²) in [6, 6.07) is -0.841. The van der Waals surface area contributed by atoms with E-state index >= 15 is 0 Å². The van der Waals surface area contributed by atoms with Crippen molar-refractivity contribution >= 4 is 12.4 Å². The second-order valence-electron chi connectivity index (χ2n) is 17.9. The van der Waals surface area contributed by atoms with Crippen LogP contribution in [0.4, 0.5) is 0 Å². The van der Waals surface area contributed by atoms with Gasteiger partial charge >= 0.3 is 5.97 Å². The summed E-state index contributed by atoms with van der Waals surface area (Å²) in [6.07, 6.45) is -5.79. The van der Waals surface area contributed by atoms with Gasteiger partial charge in [0.1, 0.15) is 24.4 Å². The first kappa shape index (κ1) is 49.6. The van der Waals surface area contributed by atoms with Crippen molar-refractivity contribution in [2.24, 2.45) is 17.8 Å². The molecule has 1 unspecified atom stereocenters. The van der Waals surface area contributed by atoms with Crippen molar-refractivity contribution in [1.82, 2.24) is 9.80 Å². The lowest BCUT2D eigenvalue weighted by molar-refractivity contribution is -0.320. The summed E-state index contributed by atoms with van der Waals surface area (Å²) in [5, 5.41) is 36.1. The molecule has 0 saturated carbocycles. The van der Waals surface area contributed by atoms with Crippen LogP contribution in [0, 0.1) is 17.8 Å². The van der Waals surface area contributed by atoms with Gasteiger partial charge in [-0.2, -0.15) is 0 Å². The van der Waals surface area contributed by atoms with Gasteiger partial charge in [0.05, 0.1) is 48.1 Å². The van der Waals surface area contributed by atoms with Crippen LogP contribution in [0.25, 0.3) is 0 Å². The Labute approximate surface area is 341 Å². The molecule has 0 aromatic heterocycles. The van der Waals surface area contributed by atoms with E-state index in [-0.39, 0.29) is 50.4 Å². The van der Waals surface area contributed by atoms with Crippen molar-refractivity contribution in [1.29, 1.82) is 0 Å². The molecule has 0 aromatic rings.